The van der Waals surface area contributed by atoms with Gasteiger partial charge in [0, 0.05) is 19.5 Å². The molecule has 1 aromatic rings. The van der Waals surface area contributed by atoms with Crippen LogP contribution >= 0.6 is 0 Å². The summed E-state index contributed by atoms with van der Waals surface area (Å²) in [7, 11) is 1.81. The number of carbonyl (C=O) groups is 1. The van der Waals surface area contributed by atoms with Crippen molar-refractivity contribution >= 4 is 5.91 Å². The normalized spacial score (nSPS) is 15.6. The van der Waals surface area contributed by atoms with Gasteiger partial charge in [-0.05, 0) is 12.8 Å². The van der Waals surface area contributed by atoms with E-state index in [0.717, 1.165) is 25.1 Å². The first-order valence-corrected chi connectivity index (χ1v) is 4.90. The topological polar surface area (TPSA) is 61.9 Å². The Hall–Kier alpha value is -1.39. The van der Waals surface area contributed by atoms with Crippen molar-refractivity contribution in [2.75, 3.05) is 7.05 Å². The van der Waals surface area contributed by atoms with Crippen LogP contribution in [0, 0.1) is 0 Å². The second kappa shape index (κ2) is 3.40. The minimum absolute atomic E-state index is 0.0801. The minimum atomic E-state index is -0.0801. The van der Waals surface area contributed by atoms with Crippen LogP contribution in [0.5, 0.6) is 0 Å². The van der Waals surface area contributed by atoms with E-state index in [0.29, 0.717) is 6.04 Å². The molecule has 1 N–H and O–H groups in total. The summed E-state index contributed by atoms with van der Waals surface area (Å²) in [6, 6.07) is 0.408. The highest BCUT2D eigenvalue weighted by Gasteiger charge is 2.31. The monoisotopic (exact) mass is 194 g/mol. The Labute approximate surface area is 82.5 Å². The molecule has 0 saturated heterocycles. The van der Waals surface area contributed by atoms with Gasteiger partial charge in [-0.1, -0.05) is 6.92 Å². The molecule has 0 aliphatic heterocycles. The number of H-pyrrole nitrogens is 1. The van der Waals surface area contributed by atoms with E-state index in [-0.39, 0.29) is 11.7 Å². The number of nitrogens with zero attached hydrogens (tertiary/aromatic N) is 3. The average molecular weight is 194 g/mol. The summed E-state index contributed by atoms with van der Waals surface area (Å²) in [5.41, 5.74) is 0. The van der Waals surface area contributed by atoms with Crippen LogP contribution in [0.25, 0.3) is 0 Å². The maximum Gasteiger partial charge on any atom is 0.293 e. The number of aryl methyl sites for hydroxylation is 1. The molecule has 1 amide bonds. The lowest BCUT2D eigenvalue weighted by atomic mass is 10.4. The molecule has 1 heterocycles. The van der Waals surface area contributed by atoms with Crippen molar-refractivity contribution < 1.29 is 4.79 Å². The highest BCUT2D eigenvalue weighted by molar-refractivity contribution is 5.90. The molecule has 5 nitrogen and oxygen atoms in total. The van der Waals surface area contributed by atoms with Crippen LogP contribution in [0.4, 0.5) is 0 Å². The van der Waals surface area contributed by atoms with Gasteiger partial charge >= 0.3 is 0 Å². The Bertz CT molecular complexity index is 342. The molecule has 76 valence electrons. The SMILES string of the molecule is CCc1nc(C(=O)N(C)C2CC2)n[nH]1. The maximum absolute atomic E-state index is 11.7. The van der Waals surface area contributed by atoms with E-state index in [4.69, 9.17) is 0 Å². The number of carbonyl (C=O) groups excluding carboxylic acids is 1. The smallest absolute Gasteiger partial charge is 0.293 e. The zero-order valence-corrected chi connectivity index (χ0v) is 8.45. The van der Waals surface area contributed by atoms with Gasteiger partial charge < -0.3 is 4.90 Å². The van der Waals surface area contributed by atoms with Crippen molar-refractivity contribution in [3.05, 3.63) is 11.6 Å². The van der Waals surface area contributed by atoms with Gasteiger partial charge in [-0.3, -0.25) is 9.89 Å². The number of nitrogens with one attached hydrogen (secondary N) is 1. The van der Waals surface area contributed by atoms with Crippen molar-refractivity contribution in [3.8, 4) is 0 Å². The van der Waals surface area contributed by atoms with E-state index in [2.05, 4.69) is 15.2 Å². The molecule has 1 fully saturated rings. The van der Waals surface area contributed by atoms with Crippen molar-refractivity contribution in [3.63, 3.8) is 0 Å². The first-order valence-electron chi connectivity index (χ1n) is 4.90. The first-order chi connectivity index (χ1) is 6.72. The molecule has 1 aliphatic rings. The number of aromatic amines is 1. The summed E-state index contributed by atoms with van der Waals surface area (Å²) >= 11 is 0. The Morgan fingerprint density at radius 3 is 2.86 bits per heavy atom. The second-order valence-corrected chi connectivity index (χ2v) is 3.61. The molecule has 0 bridgehead atoms. The van der Waals surface area contributed by atoms with Crippen LogP contribution in [-0.4, -0.2) is 39.1 Å². The minimum Gasteiger partial charge on any atom is -0.336 e. The fraction of sp³-hybridized carbons (Fsp3) is 0.667. The highest BCUT2D eigenvalue weighted by Crippen LogP contribution is 2.26. The molecule has 0 unspecified atom stereocenters. The Kier molecular flexibility index (Phi) is 2.23. The van der Waals surface area contributed by atoms with Crippen molar-refractivity contribution in [1.29, 1.82) is 0 Å². The number of rotatable bonds is 3. The maximum atomic E-state index is 11.7. The number of amides is 1. The van der Waals surface area contributed by atoms with Crippen LogP contribution in [0.1, 0.15) is 36.2 Å². The van der Waals surface area contributed by atoms with Gasteiger partial charge in [-0.15, -0.1) is 5.10 Å². The fourth-order valence-corrected chi connectivity index (χ4v) is 1.33. The Morgan fingerprint density at radius 1 is 1.64 bits per heavy atom. The van der Waals surface area contributed by atoms with Crippen LogP contribution in [0.3, 0.4) is 0 Å². The molecule has 0 aromatic carbocycles. The molecular formula is C9H14N4O. The van der Waals surface area contributed by atoms with E-state index >= 15 is 0 Å². The predicted molar refractivity (Wildman–Crippen MR) is 50.9 cm³/mol. The number of aromatic nitrogens is 3. The third-order valence-electron chi connectivity index (χ3n) is 2.47. The molecular weight excluding hydrogens is 180 g/mol. The summed E-state index contributed by atoms with van der Waals surface area (Å²) < 4.78 is 0. The van der Waals surface area contributed by atoms with Crippen LogP contribution in [-0.2, 0) is 6.42 Å². The van der Waals surface area contributed by atoms with Crippen LogP contribution in [0.15, 0.2) is 0 Å². The summed E-state index contributed by atoms with van der Waals surface area (Å²) in [6.07, 6.45) is 2.98. The van der Waals surface area contributed by atoms with Gasteiger partial charge in [0.2, 0.25) is 5.82 Å². The summed E-state index contributed by atoms with van der Waals surface area (Å²) in [5, 5.41) is 6.63. The predicted octanol–water partition coefficient (Wildman–Crippen LogP) is 0.601. The number of hydrogen-bond donors (Lipinski definition) is 1. The van der Waals surface area contributed by atoms with E-state index < -0.39 is 0 Å². The van der Waals surface area contributed by atoms with Crippen molar-refractivity contribution in [2.45, 2.75) is 32.2 Å². The molecule has 1 aliphatic carbocycles. The van der Waals surface area contributed by atoms with E-state index in [1.54, 1.807) is 4.90 Å². The van der Waals surface area contributed by atoms with Crippen molar-refractivity contribution in [1.82, 2.24) is 20.1 Å². The standard InChI is InChI=1S/C9H14N4O/c1-3-7-10-8(12-11-7)9(14)13(2)6-4-5-6/h6H,3-5H2,1-2H3,(H,10,11,12). The van der Waals surface area contributed by atoms with Gasteiger partial charge in [0.25, 0.3) is 5.91 Å². The molecule has 0 spiro atoms. The molecule has 0 radical (unpaired) electrons. The lowest BCUT2D eigenvalue weighted by molar-refractivity contribution is 0.0773. The fourth-order valence-electron chi connectivity index (χ4n) is 1.33. The van der Waals surface area contributed by atoms with Gasteiger partial charge in [-0.2, -0.15) is 0 Å². The zero-order valence-electron chi connectivity index (χ0n) is 8.45. The third kappa shape index (κ3) is 1.62. The summed E-state index contributed by atoms with van der Waals surface area (Å²) in [4.78, 5) is 17.6. The molecule has 14 heavy (non-hydrogen) atoms. The molecule has 2 rings (SSSR count). The summed E-state index contributed by atoms with van der Waals surface area (Å²) in [6.45, 7) is 1.97. The lowest BCUT2D eigenvalue weighted by Gasteiger charge is -2.12. The Balaban J connectivity index is 2.09. The van der Waals surface area contributed by atoms with Gasteiger partial charge in [0.15, 0.2) is 0 Å². The van der Waals surface area contributed by atoms with Crippen LogP contribution < -0.4 is 0 Å². The highest BCUT2D eigenvalue weighted by atomic mass is 16.2. The summed E-state index contributed by atoms with van der Waals surface area (Å²) in [5.74, 6) is 0.970. The third-order valence-corrected chi connectivity index (χ3v) is 2.47. The van der Waals surface area contributed by atoms with Crippen LogP contribution in [0.2, 0.25) is 0 Å². The lowest BCUT2D eigenvalue weighted by Crippen LogP contribution is -2.29. The second-order valence-electron chi connectivity index (χ2n) is 3.61. The Morgan fingerprint density at radius 2 is 2.36 bits per heavy atom. The average Bonchev–Trinajstić information content (AvgIpc) is 2.94. The van der Waals surface area contributed by atoms with Gasteiger partial charge in [-0.25, -0.2) is 4.98 Å². The molecule has 0 atom stereocenters. The molecule has 1 aromatic heterocycles. The van der Waals surface area contributed by atoms with Gasteiger partial charge in [0.05, 0.1) is 0 Å². The van der Waals surface area contributed by atoms with E-state index in [1.807, 2.05) is 14.0 Å². The largest absolute Gasteiger partial charge is 0.336 e. The van der Waals surface area contributed by atoms with E-state index in [1.165, 1.54) is 0 Å². The number of hydrogen-bond acceptors (Lipinski definition) is 3. The molecule has 5 heteroatoms. The quantitative estimate of drug-likeness (QED) is 0.766. The first kappa shape index (κ1) is 9.18. The molecule has 1 saturated carbocycles. The van der Waals surface area contributed by atoms with Crippen molar-refractivity contribution in [2.24, 2.45) is 0 Å². The zero-order chi connectivity index (χ0) is 10.1. The van der Waals surface area contributed by atoms with E-state index in [9.17, 15) is 4.79 Å². The van der Waals surface area contributed by atoms with Gasteiger partial charge in [0.1, 0.15) is 5.82 Å².